The van der Waals surface area contributed by atoms with Crippen molar-refractivity contribution in [2.75, 3.05) is 5.32 Å². The van der Waals surface area contributed by atoms with Crippen molar-refractivity contribution in [3.05, 3.63) is 70.5 Å². The van der Waals surface area contributed by atoms with Crippen LogP contribution < -0.4 is 5.32 Å². The largest absolute Gasteiger partial charge is 0.305 e. The van der Waals surface area contributed by atoms with E-state index in [2.05, 4.69) is 21.5 Å². The van der Waals surface area contributed by atoms with Crippen molar-refractivity contribution < 1.29 is 4.79 Å². The molecule has 3 heterocycles. The number of hydrogen-bond acceptors (Lipinski definition) is 5. The van der Waals surface area contributed by atoms with E-state index < -0.39 is 0 Å². The van der Waals surface area contributed by atoms with Gasteiger partial charge in [-0.2, -0.15) is 15.0 Å². The molecule has 1 aromatic carbocycles. The van der Waals surface area contributed by atoms with Crippen molar-refractivity contribution in [2.45, 2.75) is 0 Å². The number of nitrogens with zero attached hydrogens (tertiary/aromatic N) is 4. The monoisotopic (exact) mass is 345 g/mol. The van der Waals surface area contributed by atoms with Crippen molar-refractivity contribution in [2.24, 2.45) is 0 Å². The number of anilines is 1. The highest BCUT2D eigenvalue weighted by Gasteiger charge is 2.17. The number of hydrogen-bond donors (Lipinski definition) is 1. The van der Waals surface area contributed by atoms with Gasteiger partial charge in [-0.15, -0.1) is 11.3 Å². The van der Waals surface area contributed by atoms with Gasteiger partial charge in [0.2, 0.25) is 0 Å². The minimum absolute atomic E-state index is 0.278. The first-order valence-corrected chi connectivity index (χ1v) is 8.33. The number of nitriles is 1. The van der Waals surface area contributed by atoms with Gasteiger partial charge in [0.1, 0.15) is 11.6 Å². The van der Waals surface area contributed by atoms with Gasteiger partial charge in [-0.1, -0.05) is 24.3 Å². The van der Waals surface area contributed by atoms with Crippen LogP contribution >= 0.6 is 11.3 Å². The molecular formula is C18H11N5OS. The van der Waals surface area contributed by atoms with Gasteiger partial charge in [0.25, 0.3) is 5.91 Å². The van der Waals surface area contributed by atoms with E-state index in [9.17, 15) is 10.1 Å². The fourth-order valence-corrected chi connectivity index (χ4v) is 3.09. The molecule has 0 radical (unpaired) electrons. The molecule has 0 aliphatic rings. The van der Waals surface area contributed by atoms with E-state index in [1.807, 2.05) is 35.7 Å². The Bertz CT molecular complexity index is 1110. The third-order valence-corrected chi connectivity index (χ3v) is 4.54. The van der Waals surface area contributed by atoms with E-state index in [1.165, 1.54) is 22.2 Å². The maximum Gasteiger partial charge on any atom is 0.266 e. The third kappa shape index (κ3) is 2.75. The molecule has 3 aromatic heterocycles. The van der Waals surface area contributed by atoms with E-state index in [-0.39, 0.29) is 11.5 Å². The Kier molecular flexibility index (Phi) is 3.72. The highest BCUT2D eigenvalue weighted by molar-refractivity contribution is 7.12. The molecule has 1 N–H and O–H groups in total. The van der Waals surface area contributed by atoms with Gasteiger partial charge in [0.15, 0.2) is 11.6 Å². The molecule has 0 fully saturated rings. The molecule has 0 aliphatic carbocycles. The van der Waals surface area contributed by atoms with E-state index in [0.29, 0.717) is 16.5 Å². The summed E-state index contributed by atoms with van der Waals surface area (Å²) < 4.78 is 1.47. The molecule has 0 spiro atoms. The Morgan fingerprint density at radius 3 is 2.84 bits per heavy atom. The zero-order chi connectivity index (χ0) is 17.2. The fourth-order valence-electron chi connectivity index (χ4n) is 2.47. The summed E-state index contributed by atoms with van der Waals surface area (Å²) in [4.78, 5) is 17.5. The van der Waals surface area contributed by atoms with Crippen molar-refractivity contribution in [3.8, 4) is 11.9 Å². The van der Waals surface area contributed by atoms with Crippen molar-refractivity contribution in [1.82, 2.24) is 14.8 Å². The minimum Gasteiger partial charge on any atom is -0.305 e. The van der Waals surface area contributed by atoms with Crippen LogP contribution in [0.5, 0.6) is 0 Å². The predicted octanol–water partition coefficient (Wildman–Crippen LogP) is 3.61. The van der Waals surface area contributed by atoms with Crippen molar-refractivity contribution in [1.29, 1.82) is 5.26 Å². The maximum atomic E-state index is 12.4. The van der Waals surface area contributed by atoms with Crippen LogP contribution in [0.4, 0.5) is 5.82 Å². The fraction of sp³-hybridized carbons (Fsp3) is 0. The first-order valence-electron chi connectivity index (χ1n) is 7.45. The molecule has 4 aromatic rings. The average Bonchev–Trinajstić information content (AvgIpc) is 3.31. The molecule has 0 atom stereocenters. The first kappa shape index (κ1) is 15.1. The second-order valence-corrected chi connectivity index (χ2v) is 6.17. The summed E-state index contributed by atoms with van der Waals surface area (Å²) in [6, 6.07) is 17.0. The number of pyridine rings is 1. The molecule has 120 valence electrons. The average molecular weight is 345 g/mol. The van der Waals surface area contributed by atoms with Crippen LogP contribution in [0.2, 0.25) is 0 Å². The number of para-hydroxylation sites is 1. The summed E-state index contributed by atoms with van der Waals surface area (Å²) in [5.74, 6) is 0.555. The molecule has 0 bridgehead atoms. The maximum absolute atomic E-state index is 12.4. The van der Waals surface area contributed by atoms with Gasteiger partial charge in [-0.3, -0.25) is 4.79 Å². The number of thiophene rings is 1. The standard InChI is InChI=1S/C18H11N5OS/c19-10-13-11-20-23(17(13)22-18(24)15-6-3-9-25-15)16-8-7-12-4-1-2-5-14(12)21-16/h1-9,11H,(H,22,24). The molecule has 25 heavy (non-hydrogen) atoms. The number of nitrogens with one attached hydrogen (secondary N) is 1. The second-order valence-electron chi connectivity index (χ2n) is 5.22. The predicted molar refractivity (Wildman–Crippen MR) is 95.9 cm³/mol. The summed E-state index contributed by atoms with van der Waals surface area (Å²) in [6.45, 7) is 0. The molecular weight excluding hydrogens is 334 g/mol. The SMILES string of the molecule is N#Cc1cnn(-c2ccc3ccccc3n2)c1NC(=O)c1cccs1. The Morgan fingerprint density at radius 1 is 1.16 bits per heavy atom. The topological polar surface area (TPSA) is 83.6 Å². The summed E-state index contributed by atoms with van der Waals surface area (Å²) in [6.07, 6.45) is 1.42. The van der Waals surface area contributed by atoms with Crippen LogP contribution in [-0.2, 0) is 0 Å². The highest BCUT2D eigenvalue weighted by Crippen LogP contribution is 2.22. The quantitative estimate of drug-likeness (QED) is 0.615. The molecule has 0 aliphatic heterocycles. The third-order valence-electron chi connectivity index (χ3n) is 3.67. The number of amides is 1. The van der Waals surface area contributed by atoms with Crippen molar-refractivity contribution in [3.63, 3.8) is 0 Å². The lowest BCUT2D eigenvalue weighted by molar-refractivity contribution is 0.103. The molecule has 1 amide bonds. The minimum atomic E-state index is -0.283. The van der Waals surface area contributed by atoms with Crippen molar-refractivity contribution >= 4 is 34.0 Å². The van der Waals surface area contributed by atoms with Gasteiger partial charge in [-0.25, -0.2) is 4.98 Å². The summed E-state index contributed by atoms with van der Waals surface area (Å²) in [7, 11) is 0. The Morgan fingerprint density at radius 2 is 2.04 bits per heavy atom. The van der Waals surface area contributed by atoms with Crippen LogP contribution in [0.3, 0.4) is 0 Å². The molecule has 0 unspecified atom stereocenters. The van der Waals surface area contributed by atoms with E-state index in [0.717, 1.165) is 10.9 Å². The Labute approximate surface area is 147 Å². The summed E-state index contributed by atoms with van der Waals surface area (Å²) in [5, 5.41) is 19.1. The molecule has 0 saturated carbocycles. The lowest BCUT2D eigenvalue weighted by atomic mass is 10.2. The molecule has 6 nitrogen and oxygen atoms in total. The van der Waals surface area contributed by atoms with Crippen LogP contribution in [0, 0.1) is 11.3 Å². The zero-order valence-corrected chi connectivity index (χ0v) is 13.7. The van der Waals surface area contributed by atoms with Crippen LogP contribution in [-0.4, -0.2) is 20.7 Å². The van der Waals surface area contributed by atoms with E-state index >= 15 is 0 Å². The normalized spacial score (nSPS) is 10.5. The zero-order valence-electron chi connectivity index (χ0n) is 12.9. The first-order chi connectivity index (χ1) is 12.3. The number of aromatic nitrogens is 3. The van der Waals surface area contributed by atoms with Crippen LogP contribution in [0.1, 0.15) is 15.2 Å². The van der Waals surface area contributed by atoms with Gasteiger partial charge in [0.05, 0.1) is 16.6 Å². The number of fused-ring (bicyclic) bond motifs is 1. The Hall–Kier alpha value is -3.50. The number of rotatable bonds is 3. The summed E-state index contributed by atoms with van der Waals surface area (Å²) >= 11 is 1.33. The molecule has 7 heteroatoms. The molecule has 0 saturated heterocycles. The van der Waals surface area contributed by atoms with Gasteiger partial charge < -0.3 is 5.32 Å². The Balaban J connectivity index is 1.78. The lowest BCUT2D eigenvalue weighted by Crippen LogP contribution is -2.15. The second kappa shape index (κ2) is 6.19. The van der Waals surface area contributed by atoms with Gasteiger partial charge >= 0.3 is 0 Å². The lowest BCUT2D eigenvalue weighted by Gasteiger charge is -2.09. The van der Waals surface area contributed by atoms with E-state index in [4.69, 9.17) is 0 Å². The number of benzene rings is 1. The summed E-state index contributed by atoms with van der Waals surface area (Å²) in [5.41, 5.74) is 1.09. The number of carbonyl (C=O) groups is 1. The smallest absolute Gasteiger partial charge is 0.266 e. The molecule has 4 rings (SSSR count). The van der Waals surface area contributed by atoms with Gasteiger partial charge in [-0.05, 0) is 29.6 Å². The highest BCUT2D eigenvalue weighted by atomic mass is 32.1. The van der Waals surface area contributed by atoms with Crippen LogP contribution in [0.15, 0.2) is 60.1 Å². The van der Waals surface area contributed by atoms with Crippen LogP contribution in [0.25, 0.3) is 16.7 Å². The number of carbonyl (C=O) groups excluding carboxylic acids is 1. The van der Waals surface area contributed by atoms with Gasteiger partial charge in [0, 0.05) is 5.39 Å². The van der Waals surface area contributed by atoms with E-state index in [1.54, 1.807) is 18.2 Å².